The Labute approximate surface area is 144 Å². The minimum Gasteiger partial charge on any atom is -0.379 e. The fourth-order valence-electron chi connectivity index (χ4n) is 4.02. The van der Waals surface area contributed by atoms with Crippen LogP contribution in [0.1, 0.15) is 50.6 Å². The van der Waals surface area contributed by atoms with E-state index in [1.54, 1.807) is 12.5 Å². The monoisotopic (exact) mass is 334 g/mol. The fraction of sp³-hybridized carbons (Fsp3) is 0.778. The van der Waals surface area contributed by atoms with Crippen LogP contribution in [0.4, 0.5) is 0 Å². The number of nitrogens with zero attached hydrogens (tertiary/aromatic N) is 2. The summed E-state index contributed by atoms with van der Waals surface area (Å²) in [5.74, 6) is 0.548. The van der Waals surface area contributed by atoms with Gasteiger partial charge in [-0.2, -0.15) is 0 Å². The average Bonchev–Trinajstić information content (AvgIpc) is 3.11. The molecule has 1 aromatic heterocycles. The van der Waals surface area contributed by atoms with Gasteiger partial charge in [-0.25, -0.2) is 4.98 Å². The highest BCUT2D eigenvalue weighted by molar-refractivity contribution is 5.86. The van der Waals surface area contributed by atoms with Crippen LogP contribution in [0.15, 0.2) is 12.5 Å². The van der Waals surface area contributed by atoms with Crippen molar-refractivity contribution >= 4 is 5.91 Å². The molecule has 134 valence electrons. The van der Waals surface area contributed by atoms with Crippen LogP contribution in [0.2, 0.25) is 0 Å². The molecule has 1 aliphatic heterocycles. The van der Waals surface area contributed by atoms with Crippen molar-refractivity contribution in [2.45, 2.75) is 57.0 Å². The molecule has 1 unspecified atom stereocenters. The summed E-state index contributed by atoms with van der Waals surface area (Å²) in [5, 5.41) is 14.1. The number of H-pyrrole nitrogens is 1. The molecule has 2 aliphatic rings. The van der Waals surface area contributed by atoms with E-state index in [2.05, 4.69) is 15.3 Å². The number of aromatic amines is 1. The third-order valence-electron chi connectivity index (χ3n) is 5.45. The van der Waals surface area contributed by atoms with Gasteiger partial charge in [-0.05, 0) is 31.6 Å². The first-order valence-electron chi connectivity index (χ1n) is 9.37. The molecule has 3 N–H and O–H groups in total. The maximum absolute atomic E-state index is 12.8. The zero-order valence-electron chi connectivity index (χ0n) is 14.5. The predicted molar refractivity (Wildman–Crippen MR) is 92.5 cm³/mol. The summed E-state index contributed by atoms with van der Waals surface area (Å²) in [5.41, 5.74) is -0.177. The van der Waals surface area contributed by atoms with Gasteiger partial charge in [-0.1, -0.05) is 19.3 Å². The Morgan fingerprint density at radius 2 is 2.17 bits per heavy atom. The van der Waals surface area contributed by atoms with Gasteiger partial charge in [0.1, 0.15) is 0 Å². The van der Waals surface area contributed by atoms with Crippen molar-refractivity contribution in [3.8, 4) is 0 Å². The number of piperidine rings is 1. The summed E-state index contributed by atoms with van der Waals surface area (Å²) in [7, 11) is 0. The second-order valence-corrected chi connectivity index (χ2v) is 7.39. The van der Waals surface area contributed by atoms with Crippen molar-refractivity contribution in [3.63, 3.8) is 0 Å². The molecule has 1 aromatic rings. The summed E-state index contributed by atoms with van der Waals surface area (Å²) in [4.78, 5) is 21.7. The highest BCUT2D eigenvalue weighted by atomic mass is 16.3. The van der Waals surface area contributed by atoms with Crippen LogP contribution in [0.5, 0.6) is 0 Å². The Kier molecular flexibility index (Phi) is 5.89. The molecule has 0 spiro atoms. The molecule has 1 saturated heterocycles. The molecule has 2 fully saturated rings. The van der Waals surface area contributed by atoms with Crippen molar-refractivity contribution in [3.05, 3.63) is 18.2 Å². The first kappa shape index (κ1) is 17.4. The zero-order chi connectivity index (χ0) is 16.8. The van der Waals surface area contributed by atoms with E-state index < -0.39 is 5.60 Å². The van der Waals surface area contributed by atoms with Gasteiger partial charge in [-0.3, -0.25) is 4.79 Å². The number of aromatic nitrogens is 2. The number of amides is 1. The van der Waals surface area contributed by atoms with Crippen molar-refractivity contribution in [1.82, 2.24) is 20.2 Å². The first-order valence-corrected chi connectivity index (χ1v) is 9.37. The van der Waals surface area contributed by atoms with E-state index in [0.29, 0.717) is 18.9 Å². The van der Waals surface area contributed by atoms with Gasteiger partial charge in [0.15, 0.2) is 5.60 Å². The van der Waals surface area contributed by atoms with Crippen LogP contribution in [0, 0.1) is 5.92 Å². The third-order valence-corrected chi connectivity index (χ3v) is 5.45. The SMILES string of the molecule is O=C1N(CC2CCCCC2)CCCC1(O)CNCCc1cnc[nH]1. The Morgan fingerprint density at radius 3 is 2.92 bits per heavy atom. The minimum absolute atomic E-state index is 0.0756. The molecule has 0 bridgehead atoms. The van der Waals surface area contributed by atoms with Crippen LogP contribution >= 0.6 is 0 Å². The molecule has 1 saturated carbocycles. The van der Waals surface area contributed by atoms with E-state index in [0.717, 1.165) is 38.2 Å². The maximum Gasteiger partial charge on any atom is 0.255 e. The summed E-state index contributed by atoms with van der Waals surface area (Å²) < 4.78 is 0. The van der Waals surface area contributed by atoms with Gasteiger partial charge >= 0.3 is 0 Å². The summed E-state index contributed by atoms with van der Waals surface area (Å²) in [6.07, 6.45) is 12.1. The summed E-state index contributed by atoms with van der Waals surface area (Å²) in [6.45, 7) is 2.68. The molecule has 6 heteroatoms. The van der Waals surface area contributed by atoms with Crippen molar-refractivity contribution in [1.29, 1.82) is 0 Å². The summed E-state index contributed by atoms with van der Waals surface area (Å²) in [6, 6.07) is 0. The number of hydrogen-bond acceptors (Lipinski definition) is 4. The first-order chi connectivity index (χ1) is 11.7. The van der Waals surface area contributed by atoms with E-state index in [-0.39, 0.29) is 5.91 Å². The topological polar surface area (TPSA) is 81.2 Å². The van der Waals surface area contributed by atoms with E-state index in [9.17, 15) is 9.90 Å². The normalized spacial score (nSPS) is 26.0. The third kappa shape index (κ3) is 4.36. The van der Waals surface area contributed by atoms with Gasteiger partial charge in [0.25, 0.3) is 5.91 Å². The molecule has 2 heterocycles. The number of carbonyl (C=O) groups is 1. The number of rotatable bonds is 7. The maximum atomic E-state index is 12.8. The number of hydrogen-bond donors (Lipinski definition) is 3. The van der Waals surface area contributed by atoms with Crippen LogP contribution in [0.3, 0.4) is 0 Å². The number of nitrogens with one attached hydrogen (secondary N) is 2. The molecule has 0 radical (unpaired) electrons. The largest absolute Gasteiger partial charge is 0.379 e. The van der Waals surface area contributed by atoms with Gasteiger partial charge in [0, 0.05) is 44.5 Å². The highest BCUT2D eigenvalue weighted by Crippen LogP contribution is 2.28. The molecule has 1 aliphatic carbocycles. The van der Waals surface area contributed by atoms with Crippen LogP contribution in [-0.4, -0.2) is 57.7 Å². The lowest BCUT2D eigenvalue weighted by Gasteiger charge is -2.40. The van der Waals surface area contributed by atoms with Crippen LogP contribution in [-0.2, 0) is 11.2 Å². The quantitative estimate of drug-likeness (QED) is 0.660. The van der Waals surface area contributed by atoms with Crippen LogP contribution in [0.25, 0.3) is 0 Å². The van der Waals surface area contributed by atoms with Crippen molar-refractivity contribution < 1.29 is 9.90 Å². The molecular weight excluding hydrogens is 304 g/mol. The van der Waals surface area contributed by atoms with Gasteiger partial charge < -0.3 is 20.3 Å². The Balaban J connectivity index is 1.46. The van der Waals surface area contributed by atoms with Crippen molar-refractivity contribution in [2.24, 2.45) is 5.92 Å². The number of likely N-dealkylation sites (tertiary alicyclic amines) is 1. The standard InChI is InChI=1S/C18H30N4O2/c23-17-18(24,13-19-9-7-16-11-20-14-21-16)8-4-10-22(17)12-15-5-2-1-3-6-15/h11,14-15,19,24H,1-10,12-13H2,(H,20,21). The molecule has 6 nitrogen and oxygen atoms in total. The predicted octanol–water partition coefficient (Wildman–Crippen LogP) is 1.48. The molecule has 1 amide bonds. The van der Waals surface area contributed by atoms with E-state index in [4.69, 9.17) is 0 Å². The molecule has 0 aromatic carbocycles. The van der Waals surface area contributed by atoms with E-state index in [1.165, 1.54) is 32.1 Å². The second-order valence-electron chi connectivity index (χ2n) is 7.39. The number of imidazole rings is 1. The lowest BCUT2D eigenvalue weighted by atomic mass is 9.86. The highest BCUT2D eigenvalue weighted by Gasteiger charge is 2.42. The second kappa shape index (κ2) is 8.12. The molecule has 3 rings (SSSR count). The minimum atomic E-state index is -1.24. The zero-order valence-corrected chi connectivity index (χ0v) is 14.5. The summed E-state index contributed by atoms with van der Waals surface area (Å²) >= 11 is 0. The lowest BCUT2D eigenvalue weighted by molar-refractivity contribution is -0.157. The Morgan fingerprint density at radius 1 is 1.33 bits per heavy atom. The molecular formula is C18H30N4O2. The van der Waals surface area contributed by atoms with Crippen molar-refractivity contribution in [2.75, 3.05) is 26.2 Å². The van der Waals surface area contributed by atoms with Gasteiger partial charge in [-0.15, -0.1) is 0 Å². The van der Waals surface area contributed by atoms with Crippen LogP contribution < -0.4 is 5.32 Å². The number of aliphatic hydroxyl groups is 1. The Bertz CT molecular complexity index is 513. The molecule has 1 atom stereocenters. The smallest absolute Gasteiger partial charge is 0.255 e. The molecule has 24 heavy (non-hydrogen) atoms. The van der Waals surface area contributed by atoms with Gasteiger partial charge in [0.2, 0.25) is 0 Å². The Hall–Kier alpha value is -1.40. The van der Waals surface area contributed by atoms with E-state index >= 15 is 0 Å². The lowest BCUT2D eigenvalue weighted by Crippen LogP contribution is -2.58. The fourth-order valence-corrected chi connectivity index (χ4v) is 4.02. The van der Waals surface area contributed by atoms with E-state index in [1.807, 2.05) is 4.90 Å². The number of carbonyl (C=O) groups excluding carboxylic acids is 1. The van der Waals surface area contributed by atoms with Gasteiger partial charge in [0.05, 0.1) is 6.33 Å². The average molecular weight is 334 g/mol.